The third-order valence-corrected chi connectivity index (χ3v) is 21.3. The van der Waals surface area contributed by atoms with E-state index in [1.54, 1.807) is 97.2 Å². The highest BCUT2D eigenvalue weighted by atomic mass is 16.5. The highest BCUT2D eigenvalue weighted by molar-refractivity contribution is 5.99. The maximum Gasteiger partial charge on any atom is 0.253 e. The van der Waals surface area contributed by atoms with Crippen molar-refractivity contribution < 1.29 is 33.7 Å². The smallest absolute Gasteiger partial charge is 0.253 e. The number of Topliss-reactive ketones (excluding diaryl/α,β-unsaturated/α-hetero) is 1. The second kappa shape index (κ2) is 35.5. The van der Waals surface area contributed by atoms with Gasteiger partial charge in [-0.1, -0.05) is 48.5 Å². The number of rotatable bonds is 19. The number of carbonyl (C=O) groups is 3. The van der Waals surface area contributed by atoms with Crippen LogP contribution in [0.2, 0.25) is 0 Å². The van der Waals surface area contributed by atoms with Crippen LogP contribution in [0.1, 0.15) is 107 Å². The zero-order chi connectivity index (χ0) is 85.4. The second-order valence-corrected chi connectivity index (χ2v) is 30.3. The molecule has 0 bridgehead atoms. The van der Waals surface area contributed by atoms with Gasteiger partial charge in [0.25, 0.3) is 23.6 Å². The number of anilines is 6. The number of likely N-dealkylation sites (tertiary alicyclic amines) is 1. The number of aromatic nitrogens is 11. The monoisotopic (exact) mass is 1610 g/mol. The summed E-state index contributed by atoms with van der Waals surface area (Å²) in [5, 5.41) is 55.6. The number of hydrogen-bond acceptors (Lipinski definition) is 22. The van der Waals surface area contributed by atoms with Crippen LogP contribution in [0.4, 0.5) is 34.9 Å². The molecule has 17 rings (SSSR count). The molecule has 2 fully saturated rings. The van der Waals surface area contributed by atoms with Crippen LogP contribution in [0.25, 0.3) is 66.7 Å². The Morgan fingerprint density at radius 1 is 0.475 bits per heavy atom. The molecule has 7 heterocycles. The number of amides is 2. The number of ether oxygens (including phenoxy) is 3. The number of ketones is 1. The Bertz CT molecular complexity index is 6610. The average Bonchev–Trinajstić information content (AvgIpc) is 1.60. The van der Waals surface area contributed by atoms with Crippen LogP contribution in [0.5, 0.6) is 34.9 Å². The van der Waals surface area contributed by atoms with Crippen LogP contribution in [0.15, 0.2) is 207 Å². The molecule has 6 aromatic heterocycles. The zero-order valence-electron chi connectivity index (χ0n) is 68.2. The predicted molar refractivity (Wildman–Crippen MR) is 465 cm³/mol. The Morgan fingerprint density at radius 3 is 1.25 bits per heavy atom. The Balaban J connectivity index is 0.000000142. The standard InChI is InChI=1S/C34H31N5O3.C32H26N8O2.C29H25N7O2/c1-20-16-26(23-6-8-24(9-7-23)31(41)25-10-13-28(40)18-25)17-21(2)32(20)42-33-30-29(14-15-39(30)3)37-34(38-33)36-27-11-4-22(19-35)5-12-27;1-19-13-25(23-5-7-24(8-6-23)31(41)40-12-11-22(16-34)17-40)14-20(2)28(19)42-30-27-29(36-18-35-27)38-32(39-30)37-26-9-3-21(15-33)4-10-26;1-17-13-22(20-7-9-21(10-8-20)28(37)36(3)4)14-18(2)25(17)38-27-24-26(32-16-31-24)34-29(35-27)33-23-11-5-19(15-30)6-12-23/h4-9,11-12,14-17,25,28,40H,10,13,18H2,1-3H3,(H,36,37,38);3-10,13-14,18,22H,11-12,17H2,1-2H3,(H2,35,36,37,38,39);5-14,16H,1-4H3,(H2,31,32,33,34,35). The van der Waals surface area contributed by atoms with Crippen LogP contribution < -0.4 is 30.2 Å². The average molecular weight is 1620 g/mol. The van der Waals surface area contributed by atoms with E-state index >= 15 is 0 Å². The normalized spacial score (nSPS) is 13.9. The molecule has 122 heavy (non-hydrogen) atoms. The summed E-state index contributed by atoms with van der Waals surface area (Å²) >= 11 is 0. The molecule has 1 aliphatic carbocycles. The minimum atomic E-state index is -0.365. The Kier molecular flexibility index (Phi) is 23.6. The van der Waals surface area contributed by atoms with E-state index in [0.717, 1.165) is 113 Å². The molecule has 3 unspecified atom stereocenters. The summed E-state index contributed by atoms with van der Waals surface area (Å²) in [6.45, 7) is 13.0. The minimum absolute atomic E-state index is 0.0318. The van der Waals surface area contributed by atoms with Crippen LogP contribution in [-0.4, -0.2) is 120 Å². The number of fused-ring (bicyclic) bond motifs is 3. The van der Waals surface area contributed by atoms with Gasteiger partial charge < -0.3 is 59.6 Å². The Hall–Kier alpha value is -16.0. The quantitative estimate of drug-likeness (QED) is 0.0409. The van der Waals surface area contributed by atoms with Crippen LogP contribution >= 0.6 is 0 Å². The molecular formula is C95H82N20O7. The fourth-order valence-electron chi connectivity index (χ4n) is 14.9. The molecule has 1 aliphatic heterocycles. The maximum absolute atomic E-state index is 12.9. The summed E-state index contributed by atoms with van der Waals surface area (Å²) in [6, 6.07) is 66.8. The largest absolute Gasteiger partial charge is 0.436 e. The lowest BCUT2D eigenvalue weighted by atomic mass is 9.93. The number of nitrogens with one attached hydrogen (secondary N) is 5. The lowest BCUT2D eigenvalue weighted by Gasteiger charge is -2.16. The number of aliphatic hydroxyl groups is 1. The zero-order valence-corrected chi connectivity index (χ0v) is 68.2. The van der Waals surface area contributed by atoms with Gasteiger partial charge in [0.05, 0.1) is 71.2 Å². The van der Waals surface area contributed by atoms with E-state index in [0.29, 0.717) is 129 Å². The first kappa shape index (κ1) is 81.2. The number of aromatic amines is 2. The first-order valence-electron chi connectivity index (χ1n) is 39.4. The molecule has 0 radical (unpaired) electrons. The molecule has 27 heteroatoms. The van der Waals surface area contributed by atoms with Crippen molar-refractivity contribution >= 4 is 85.9 Å². The van der Waals surface area contributed by atoms with E-state index in [-0.39, 0.29) is 35.5 Å². The SMILES string of the molecule is Cc1cc(-c2ccc(C(=O)C3CCC(O)C3)cc2)cc(C)c1Oc1nc(Nc2ccc(C#N)cc2)nc2ccn(C)c12.Cc1cc(-c2ccc(C(=O)N(C)C)cc2)cc(C)c1Oc1nc(Nc2ccc(C#N)cc2)nc2nc[nH]c12.Cc1cc(-c2ccc(C(=O)N3CCC(C#N)C3)cc2)cc(C)c1Oc1nc(Nc2ccc(C#N)cc2)nc2nc[nH]c12. The maximum atomic E-state index is 12.9. The topological polar surface area (TPSA) is 376 Å². The molecule has 6 N–H and O–H groups in total. The molecule has 3 atom stereocenters. The van der Waals surface area contributed by atoms with Crippen molar-refractivity contribution in [3.8, 4) is 92.5 Å². The van der Waals surface area contributed by atoms with Gasteiger partial charge in [-0.15, -0.1) is 0 Å². The molecule has 604 valence electrons. The van der Waals surface area contributed by atoms with Gasteiger partial charge in [-0.2, -0.15) is 46.0 Å². The third-order valence-electron chi connectivity index (χ3n) is 21.3. The summed E-state index contributed by atoms with van der Waals surface area (Å²) < 4.78 is 21.1. The molecule has 2 aliphatic rings. The van der Waals surface area contributed by atoms with Gasteiger partial charge in [-0.3, -0.25) is 14.4 Å². The van der Waals surface area contributed by atoms with E-state index < -0.39 is 0 Å². The number of aryl methyl sites for hydroxylation is 7. The van der Waals surface area contributed by atoms with Crippen LogP contribution in [0, 0.1) is 98.7 Å². The first-order chi connectivity index (χ1) is 59.0. The molecular weight excluding hydrogens is 1530 g/mol. The highest BCUT2D eigenvalue weighted by Gasteiger charge is 2.31. The van der Waals surface area contributed by atoms with Gasteiger partial charge in [0, 0.05) is 80.1 Å². The number of imidazole rings is 2. The summed E-state index contributed by atoms with van der Waals surface area (Å²) in [6.07, 6.45) is 7.36. The number of nitriles is 4. The molecule has 2 amide bonds. The van der Waals surface area contributed by atoms with Gasteiger partial charge in [0.15, 0.2) is 17.1 Å². The van der Waals surface area contributed by atoms with Crippen molar-refractivity contribution in [2.75, 3.05) is 43.1 Å². The van der Waals surface area contributed by atoms with Crippen LogP contribution in [-0.2, 0) is 7.05 Å². The number of nitrogens with zero attached hydrogens (tertiary/aromatic N) is 15. The second-order valence-electron chi connectivity index (χ2n) is 30.3. The number of hydrogen-bond donors (Lipinski definition) is 6. The van der Waals surface area contributed by atoms with E-state index in [4.69, 9.17) is 40.2 Å². The summed E-state index contributed by atoms with van der Waals surface area (Å²) in [7, 11) is 5.41. The van der Waals surface area contributed by atoms with Crippen molar-refractivity contribution in [1.82, 2.24) is 64.2 Å². The van der Waals surface area contributed by atoms with E-state index in [1.807, 2.05) is 175 Å². The molecule has 27 nitrogen and oxygen atoms in total. The number of benzene rings is 9. The summed E-state index contributed by atoms with van der Waals surface area (Å²) in [5.74, 6) is 4.06. The fourth-order valence-corrected chi connectivity index (χ4v) is 14.9. The molecule has 15 aromatic rings. The van der Waals surface area contributed by atoms with Crippen molar-refractivity contribution in [2.45, 2.75) is 73.3 Å². The lowest BCUT2D eigenvalue weighted by Crippen LogP contribution is -2.28. The fraction of sp³-hybridized carbons (Fsp3) is 0.189. The van der Waals surface area contributed by atoms with Crippen LogP contribution in [0.3, 0.4) is 0 Å². The van der Waals surface area contributed by atoms with Crippen molar-refractivity contribution in [1.29, 1.82) is 21.0 Å². The number of carbonyl (C=O) groups excluding carboxylic acids is 3. The molecule has 1 saturated carbocycles. The predicted octanol–water partition coefficient (Wildman–Crippen LogP) is 18.8. The Labute approximate surface area is 702 Å². The number of H-pyrrole nitrogens is 2. The lowest BCUT2D eigenvalue weighted by molar-refractivity contribution is 0.0788. The molecule has 9 aromatic carbocycles. The van der Waals surface area contributed by atoms with Crippen molar-refractivity contribution in [3.63, 3.8) is 0 Å². The van der Waals surface area contributed by atoms with Gasteiger partial charge in [-0.25, -0.2) is 15.0 Å². The Morgan fingerprint density at radius 2 is 0.869 bits per heavy atom. The molecule has 1 saturated heterocycles. The molecule has 0 spiro atoms. The third kappa shape index (κ3) is 18.1. The number of aliphatic hydroxyl groups excluding tert-OH is 1. The minimum Gasteiger partial charge on any atom is -0.436 e. The van der Waals surface area contributed by atoms with Crippen molar-refractivity contribution in [3.05, 3.63) is 274 Å². The van der Waals surface area contributed by atoms with Gasteiger partial charge >= 0.3 is 0 Å². The first-order valence-corrected chi connectivity index (χ1v) is 39.4. The van der Waals surface area contributed by atoms with E-state index in [2.05, 4.69) is 97.2 Å². The summed E-state index contributed by atoms with van der Waals surface area (Å²) in [5.41, 5.74) is 21.1. The van der Waals surface area contributed by atoms with Gasteiger partial charge in [-0.05, 0) is 274 Å². The summed E-state index contributed by atoms with van der Waals surface area (Å²) in [4.78, 5) is 83.5. The highest BCUT2D eigenvalue weighted by Crippen LogP contribution is 2.41. The van der Waals surface area contributed by atoms with Gasteiger partial charge in [0.2, 0.25) is 23.7 Å². The van der Waals surface area contributed by atoms with E-state index in [1.165, 1.54) is 0 Å². The van der Waals surface area contributed by atoms with Crippen molar-refractivity contribution in [2.24, 2.45) is 18.9 Å². The van der Waals surface area contributed by atoms with E-state index in [9.17, 15) is 19.5 Å². The van der Waals surface area contributed by atoms with Gasteiger partial charge in [0.1, 0.15) is 33.8 Å².